The number of aromatic carboxylic acids is 1. The van der Waals surface area contributed by atoms with Crippen LogP contribution in [0.3, 0.4) is 0 Å². The summed E-state index contributed by atoms with van der Waals surface area (Å²) in [5.41, 5.74) is 0.121. The second-order valence-corrected chi connectivity index (χ2v) is 4.55. The number of anilines is 1. The molecule has 0 aliphatic carbocycles. The first-order chi connectivity index (χ1) is 8.75. The van der Waals surface area contributed by atoms with Gasteiger partial charge in [-0.1, -0.05) is 24.3 Å². The average Bonchev–Trinajstić information content (AvgIpc) is 2.91. The third-order valence-electron chi connectivity index (χ3n) is 3.34. The van der Waals surface area contributed by atoms with Crippen molar-refractivity contribution in [2.75, 3.05) is 18.0 Å². The molecule has 1 saturated heterocycles. The molecule has 0 spiro atoms. The topological polar surface area (TPSA) is 53.4 Å². The highest BCUT2D eigenvalue weighted by atomic mass is 16.4. The molecule has 3 rings (SSSR count). The molecular weight excluding hydrogens is 228 g/mol. The molecule has 0 bridgehead atoms. The molecule has 4 heteroatoms. The van der Waals surface area contributed by atoms with Crippen LogP contribution in [0, 0.1) is 0 Å². The van der Waals surface area contributed by atoms with Crippen LogP contribution in [0.25, 0.3) is 10.8 Å². The number of hydrogen-bond donors (Lipinski definition) is 1. The predicted molar refractivity (Wildman–Crippen MR) is 70.1 cm³/mol. The Morgan fingerprint density at radius 3 is 2.67 bits per heavy atom. The van der Waals surface area contributed by atoms with Crippen molar-refractivity contribution in [3.8, 4) is 0 Å². The van der Waals surface area contributed by atoms with Crippen LogP contribution in [0.4, 0.5) is 5.82 Å². The first-order valence-electron chi connectivity index (χ1n) is 6.14. The molecule has 4 nitrogen and oxygen atoms in total. The summed E-state index contributed by atoms with van der Waals surface area (Å²) in [7, 11) is 0. The molecule has 1 N–H and O–H groups in total. The molecule has 0 amide bonds. The van der Waals surface area contributed by atoms with Gasteiger partial charge < -0.3 is 10.0 Å². The van der Waals surface area contributed by atoms with E-state index < -0.39 is 5.97 Å². The molecule has 0 saturated carbocycles. The summed E-state index contributed by atoms with van der Waals surface area (Å²) in [6.07, 6.45) is 2.29. The molecule has 2 aromatic rings. The summed E-state index contributed by atoms with van der Waals surface area (Å²) in [5, 5.41) is 11.1. The number of benzene rings is 1. The Balaban J connectivity index is 2.22. The molecule has 1 aromatic heterocycles. The molecule has 1 fully saturated rings. The molecule has 1 aromatic carbocycles. The number of carboxylic acids is 1. The van der Waals surface area contributed by atoms with E-state index in [9.17, 15) is 4.79 Å². The van der Waals surface area contributed by atoms with Crippen LogP contribution in [0.5, 0.6) is 0 Å². The van der Waals surface area contributed by atoms with E-state index in [0.717, 1.165) is 42.5 Å². The van der Waals surface area contributed by atoms with Crippen molar-refractivity contribution in [3.63, 3.8) is 0 Å². The van der Waals surface area contributed by atoms with Gasteiger partial charge in [-0.15, -0.1) is 0 Å². The van der Waals surface area contributed by atoms with E-state index >= 15 is 0 Å². The Kier molecular flexibility index (Phi) is 2.63. The number of aromatic nitrogens is 1. The summed E-state index contributed by atoms with van der Waals surface area (Å²) in [6, 6.07) is 9.45. The Morgan fingerprint density at radius 2 is 1.94 bits per heavy atom. The fourth-order valence-corrected chi connectivity index (χ4v) is 2.46. The monoisotopic (exact) mass is 242 g/mol. The van der Waals surface area contributed by atoms with Gasteiger partial charge in [0, 0.05) is 18.5 Å². The van der Waals surface area contributed by atoms with Crippen LogP contribution in [-0.2, 0) is 0 Å². The van der Waals surface area contributed by atoms with E-state index in [4.69, 9.17) is 5.11 Å². The van der Waals surface area contributed by atoms with Crippen molar-refractivity contribution in [1.82, 2.24) is 4.98 Å². The van der Waals surface area contributed by atoms with Crippen LogP contribution in [0.1, 0.15) is 23.3 Å². The van der Waals surface area contributed by atoms with Crippen LogP contribution in [0.15, 0.2) is 30.3 Å². The van der Waals surface area contributed by atoms with Gasteiger partial charge in [0.05, 0.1) is 0 Å². The van der Waals surface area contributed by atoms with Gasteiger partial charge in [0.2, 0.25) is 0 Å². The highest BCUT2D eigenvalue weighted by Crippen LogP contribution is 2.28. The van der Waals surface area contributed by atoms with E-state index in [1.807, 2.05) is 24.3 Å². The molecule has 1 aliphatic rings. The molecule has 18 heavy (non-hydrogen) atoms. The maximum atomic E-state index is 11.1. The molecule has 1 aliphatic heterocycles. The van der Waals surface area contributed by atoms with Crippen LogP contribution < -0.4 is 4.90 Å². The first-order valence-corrected chi connectivity index (χ1v) is 6.14. The summed E-state index contributed by atoms with van der Waals surface area (Å²) in [5.74, 6) is -0.163. The predicted octanol–water partition coefficient (Wildman–Crippen LogP) is 2.53. The highest BCUT2D eigenvalue weighted by Gasteiger charge is 2.18. The van der Waals surface area contributed by atoms with Gasteiger partial charge in [0.15, 0.2) is 5.69 Å². The van der Waals surface area contributed by atoms with E-state index in [-0.39, 0.29) is 5.69 Å². The zero-order valence-corrected chi connectivity index (χ0v) is 9.97. The van der Waals surface area contributed by atoms with Crippen molar-refractivity contribution in [2.24, 2.45) is 0 Å². The first kappa shape index (κ1) is 11.0. The number of pyridine rings is 1. The van der Waals surface area contributed by atoms with Crippen LogP contribution in [0.2, 0.25) is 0 Å². The van der Waals surface area contributed by atoms with Crippen molar-refractivity contribution >= 4 is 22.6 Å². The SMILES string of the molecule is O=C(O)c1cc2ccccc2c(N2CCCC2)n1. The minimum absolute atomic E-state index is 0.121. The lowest BCUT2D eigenvalue weighted by Crippen LogP contribution is -2.20. The summed E-state index contributed by atoms with van der Waals surface area (Å²) in [4.78, 5) is 17.6. The van der Waals surface area contributed by atoms with E-state index in [1.165, 1.54) is 0 Å². The molecular formula is C14H14N2O2. The standard InChI is InChI=1S/C14H14N2O2/c17-14(18)12-9-10-5-1-2-6-11(10)13(15-12)16-7-3-4-8-16/h1-2,5-6,9H,3-4,7-8H2,(H,17,18). The van der Waals surface area contributed by atoms with Gasteiger partial charge in [-0.2, -0.15) is 0 Å². The Hall–Kier alpha value is -2.10. The van der Waals surface area contributed by atoms with Gasteiger partial charge in [-0.25, -0.2) is 9.78 Å². The van der Waals surface area contributed by atoms with Gasteiger partial charge in [0.1, 0.15) is 5.82 Å². The number of rotatable bonds is 2. The molecule has 0 unspecified atom stereocenters. The molecule has 0 atom stereocenters. The van der Waals surface area contributed by atoms with Crippen molar-refractivity contribution in [3.05, 3.63) is 36.0 Å². The average molecular weight is 242 g/mol. The van der Waals surface area contributed by atoms with Gasteiger partial charge in [0.25, 0.3) is 0 Å². The lowest BCUT2D eigenvalue weighted by Gasteiger charge is -2.19. The minimum atomic E-state index is -0.971. The summed E-state index contributed by atoms with van der Waals surface area (Å²) < 4.78 is 0. The maximum Gasteiger partial charge on any atom is 0.354 e. The molecule has 2 heterocycles. The lowest BCUT2D eigenvalue weighted by molar-refractivity contribution is 0.0691. The summed E-state index contributed by atoms with van der Waals surface area (Å²) in [6.45, 7) is 1.92. The summed E-state index contributed by atoms with van der Waals surface area (Å²) >= 11 is 0. The smallest absolute Gasteiger partial charge is 0.354 e. The lowest BCUT2D eigenvalue weighted by atomic mass is 10.1. The Morgan fingerprint density at radius 1 is 1.22 bits per heavy atom. The zero-order valence-electron chi connectivity index (χ0n) is 9.97. The fourth-order valence-electron chi connectivity index (χ4n) is 2.46. The number of hydrogen-bond acceptors (Lipinski definition) is 3. The quantitative estimate of drug-likeness (QED) is 0.879. The number of nitrogens with zero attached hydrogens (tertiary/aromatic N) is 2. The molecule has 92 valence electrons. The van der Waals surface area contributed by atoms with E-state index in [1.54, 1.807) is 6.07 Å². The van der Waals surface area contributed by atoms with E-state index in [0.29, 0.717) is 0 Å². The Labute approximate surface area is 105 Å². The third kappa shape index (κ3) is 1.79. The van der Waals surface area contributed by atoms with Gasteiger partial charge in [-0.3, -0.25) is 0 Å². The normalized spacial score (nSPS) is 15.2. The maximum absolute atomic E-state index is 11.1. The highest BCUT2D eigenvalue weighted by molar-refractivity contribution is 5.98. The van der Waals surface area contributed by atoms with Crippen LogP contribution in [-0.4, -0.2) is 29.1 Å². The van der Waals surface area contributed by atoms with Crippen molar-refractivity contribution in [1.29, 1.82) is 0 Å². The van der Waals surface area contributed by atoms with Gasteiger partial charge >= 0.3 is 5.97 Å². The van der Waals surface area contributed by atoms with Crippen LogP contribution >= 0.6 is 0 Å². The van der Waals surface area contributed by atoms with Crippen molar-refractivity contribution < 1.29 is 9.90 Å². The third-order valence-corrected chi connectivity index (χ3v) is 3.34. The largest absolute Gasteiger partial charge is 0.477 e. The fraction of sp³-hybridized carbons (Fsp3) is 0.286. The minimum Gasteiger partial charge on any atom is -0.477 e. The second-order valence-electron chi connectivity index (χ2n) is 4.55. The van der Waals surface area contributed by atoms with Crippen molar-refractivity contribution in [2.45, 2.75) is 12.8 Å². The Bertz CT molecular complexity index is 604. The number of fused-ring (bicyclic) bond motifs is 1. The zero-order chi connectivity index (χ0) is 12.5. The molecule has 0 radical (unpaired) electrons. The number of carbonyl (C=O) groups is 1. The van der Waals surface area contributed by atoms with Gasteiger partial charge in [-0.05, 0) is 24.3 Å². The number of carboxylic acid groups (broad SMARTS) is 1. The second kappa shape index (κ2) is 4.29. The van der Waals surface area contributed by atoms with E-state index in [2.05, 4.69) is 9.88 Å².